The maximum Gasteiger partial charge on any atom is 0.322 e. The summed E-state index contributed by atoms with van der Waals surface area (Å²) in [6.07, 6.45) is -0.530. The van der Waals surface area contributed by atoms with Crippen LogP contribution in [-0.4, -0.2) is 65.0 Å². The van der Waals surface area contributed by atoms with Gasteiger partial charge >= 0.3 is 11.9 Å². The van der Waals surface area contributed by atoms with Crippen molar-refractivity contribution in [1.82, 2.24) is 16.0 Å². The fourth-order valence-corrected chi connectivity index (χ4v) is 2.15. The van der Waals surface area contributed by atoms with Gasteiger partial charge in [0.05, 0.1) is 19.0 Å². The molecule has 1 aromatic carbocycles. The summed E-state index contributed by atoms with van der Waals surface area (Å²) >= 11 is 0. The quantitative estimate of drug-likeness (QED) is 0.244. The molecule has 0 aliphatic carbocycles. The third-order valence-corrected chi connectivity index (χ3v) is 3.51. The molecular formula is C17H22N4O7. The van der Waals surface area contributed by atoms with E-state index in [1.165, 1.54) is 0 Å². The van der Waals surface area contributed by atoms with Gasteiger partial charge < -0.3 is 31.9 Å². The molecule has 0 aromatic heterocycles. The van der Waals surface area contributed by atoms with Crippen molar-refractivity contribution < 1.29 is 34.2 Å². The number of rotatable bonds is 11. The second-order valence-electron chi connectivity index (χ2n) is 5.84. The zero-order valence-electron chi connectivity index (χ0n) is 14.9. The average molecular weight is 394 g/mol. The third kappa shape index (κ3) is 8.76. The van der Waals surface area contributed by atoms with Crippen molar-refractivity contribution >= 4 is 29.7 Å². The molecule has 152 valence electrons. The Morgan fingerprint density at radius 3 is 2.11 bits per heavy atom. The molecule has 0 spiro atoms. The van der Waals surface area contributed by atoms with Crippen LogP contribution in [0, 0.1) is 0 Å². The molecule has 2 atom stereocenters. The minimum atomic E-state index is -1.34. The zero-order valence-corrected chi connectivity index (χ0v) is 14.9. The lowest BCUT2D eigenvalue weighted by Gasteiger charge is -2.20. The Bertz CT molecular complexity index is 723. The average Bonchev–Trinajstić information content (AvgIpc) is 2.64. The Hall–Kier alpha value is -3.47. The molecule has 0 heterocycles. The molecule has 0 aliphatic heterocycles. The minimum Gasteiger partial charge on any atom is -0.481 e. The van der Waals surface area contributed by atoms with E-state index in [9.17, 15) is 24.0 Å². The van der Waals surface area contributed by atoms with Crippen molar-refractivity contribution in [3.8, 4) is 0 Å². The molecule has 1 aromatic rings. The van der Waals surface area contributed by atoms with Crippen molar-refractivity contribution in [1.29, 1.82) is 0 Å². The summed E-state index contributed by atoms with van der Waals surface area (Å²) in [6.45, 7) is -1.09. The largest absolute Gasteiger partial charge is 0.481 e. The molecule has 0 aliphatic rings. The van der Waals surface area contributed by atoms with E-state index < -0.39 is 61.3 Å². The number of carboxylic acids is 2. The van der Waals surface area contributed by atoms with E-state index in [1.807, 2.05) is 0 Å². The monoisotopic (exact) mass is 394 g/mol. The molecular weight excluding hydrogens is 372 g/mol. The molecule has 7 N–H and O–H groups in total. The lowest BCUT2D eigenvalue weighted by molar-refractivity contribution is -0.139. The van der Waals surface area contributed by atoms with Crippen LogP contribution in [0.3, 0.4) is 0 Å². The van der Waals surface area contributed by atoms with Crippen molar-refractivity contribution in [3.63, 3.8) is 0 Å². The molecule has 2 unspecified atom stereocenters. The topological polar surface area (TPSA) is 188 Å². The van der Waals surface area contributed by atoms with E-state index in [0.29, 0.717) is 5.56 Å². The smallest absolute Gasteiger partial charge is 0.322 e. The van der Waals surface area contributed by atoms with Gasteiger partial charge in [-0.2, -0.15) is 0 Å². The molecule has 0 saturated carbocycles. The minimum absolute atomic E-state index is 0.0783. The molecule has 28 heavy (non-hydrogen) atoms. The first-order chi connectivity index (χ1) is 13.2. The van der Waals surface area contributed by atoms with E-state index in [4.69, 9.17) is 15.9 Å². The van der Waals surface area contributed by atoms with Crippen LogP contribution >= 0.6 is 0 Å². The summed E-state index contributed by atoms with van der Waals surface area (Å²) in [5, 5.41) is 24.0. The van der Waals surface area contributed by atoms with Gasteiger partial charge in [0.15, 0.2) is 0 Å². The first-order valence-electron chi connectivity index (χ1n) is 8.27. The number of nitrogens with two attached hydrogens (primary N) is 1. The lowest BCUT2D eigenvalue weighted by atomic mass is 10.0. The molecule has 3 amide bonds. The van der Waals surface area contributed by atoms with E-state index >= 15 is 0 Å². The molecule has 11 nitrogen and oxygen atoms in total. The summed E-state index contributed by atoms with van der Waals surface area (Å²) in [6, 6.07) is 6.24. The predicted molar refractivity (Wildman–Crippen MR) is 96.0 cm³/mol. The van der Waals surface area contributed by atoms with E-state index in [0.717, 1.165) is 0 Å². The fourth-order valence-electron chi connectivity index (χ4n) is 2.15. The van der Waals surface area contributed by atoms with Crippen LogP contribution in [0.15, 0.2) is 30.3 Å². The van der Waals surface area contributed by atoms with Gasteiger partial charge in [-0.1, -0.05) is 30.3 Å². The van der Waals surface area contributed by atoms with Crippen LogP contribution in [0.5, 0.6) is 0 Å². The normalized spacial score (nSPS) is 12.3. The maximum absolute atomic E-state index is 12.4. The fraction of sp³-hybridized carbons (Fsp3) is 0.353. The number of aliphatic carboxylic acids is 2. The molecule has 1 rings (SSSR count). The van der Waals surface area contributed by atoms with Gasteiger partial charge in [0, 0.05) is 6.42 Å². The van der Waals surface area contributed by atoms with Gasteiger partial charge in [-0.25, -0.2) is 0 Å². The highest BCUT2D eigenvalue weighted by molar-refractivity contribution is 5.93. The van der Waals surface area contributed by atoms with Gasteiger partial charge in [0.1, 0.15) is 12.6 Å². The van der Waals surface area contributed by atoms with Crippen molar-refractivity contribution in [2.45, 2.75) is 24.9 Å². The van der Waals surface area contributed by atoms with Gasteiger partial charge in [-0.3, -0.25) is 24.0 Å². The molecule has 0 saturated heterocycles. The molecule has 0 fully saturated rings. The number of nitrogens with one attached hydrogen (secondary N) is 3. The van der Waals surface area contributed by atoms with Crippen LogP contribution in [0.2, 0.25) is 0 Å². The van der Waals surface area contributed by atoms with Crippen LogP contribution < -0.4 is 21.7 Å². The lowest BCUT2D eigenvalue weighted by Crippen LogP contribution is -2.54. The van der Waals surface area contributed by atoms with Crippen LogP contribution in [-0.2, 0) is 30.4 Å². The Morgan fingerprint density at radius 1 is 0.893 bits per heavy atom. The van der Waals surface area contributed by atoms with Crippen molar-refractivity contribution in [2.24, 2.45) is 5.73 Å². The Labute approximate surface area is 160 Å². The van der Waals surface area contributed by atoms with E-state index in [-0.39, 0.29) is 6.42 Å². The summed E-state index contributed by atoms with van der Waals surface area (Å²) in [4.78, 5) is 57.1. The Kier molecular flexibility index (Phi) is 9.10. The SMILES string of the molecule is NC(CC(=O)O)C(=O)NC(Cc1ccccc1)C(=O)NCC(=O)NCC(=O)O. The van der Waals surface area contributed by atoms with Gasteiger partial charge in [0.2, 0.25) is 17.7 Å². The summed E-state index contributed by atoms with van der Waals surface area (Å²) in [5.41, 5.74) is 6.22. The molecule has 0 bridgehead atoms. The Balaban J connectivity index is 2.74. The van der Waals surface area contributed by atoms with E-state index in [2.05, 4.69) is 16.0 Å². The first-order valence-corrected chi connectivity index (χ1v) is 8.27. The molecule has 11 heteroatoms. The van der Waals surface area contributed by atoms with E-state index in [1.54, 1.807) is 30.3 Å². The number of carboxylic acid groups (broad SMARTS) is 2. The highest BCUT2D eigenvalue weighted by Crippen LogP contribution is 2.04. The van der Waals surface area contributed by atoms with Gasteiger partial charge in [-0.15, -0.1) is 0 Å². The highest BCUT2D eigenvalue weighted by Gasteiger charge is 2.25. The van der Waals surface area contributed by atoms with Gasteiger partial charge in [0.25, 0.3) is 0 Å². The number of carbonyl (C=O) groups is 5. The van der Waals surface area contributed by atoms with Gasteiger partial charge in [-0.05, 0) is 5.56 Å². The van der Waals surface area contributed by atoms with Crippen LogP contribution in [0.4, 0.5) is 0 Å². The highest BCUT2D eigenvalue weighted by atomic mass is 16.4. The molecule has 0 radical (unpaired) electrons. The van der Waals surface area contributed by atoms with Crippen molar-refractivity contribution in [2.75, 3.05) is 13.1 Å². The standard InChI is InChI=1S/C17H22N4O7/c18-11(7-14(23)24)16(27)21-12(6-10-4-2-1-3-5-10)17(28)20-8-13(22)19-9-15(25)26/h1-5,11-12H,6-9,18H2,(H,19,22)(H,20,28)(H,21,27)(H,23,24)(H,25,26). The number of carbonyl (C=O) groups excluding carboxylic acids is 3. The predicted octanol–water partition coefficient (Wildman–Crippen LogP) is -2.17. The van der Waals surface area contributed by atoms with Crippen molar-refractivity contribution in [3.05, 3.63) is 35.9 Å². The second kappa shape index (κ2) is 11.3. The zero-order chi connectivity index (χ0) is 21.1. The number of hydrogen-bond donors (Lipinski definition) is 6. The summed E-state index contributed by atoms with van der Waals surface area (Å²) in [5.74, 6) is -4.75. The number of benzene rings is 1. The third-order valence-electron chi connectivity index (χ3n) is 3.51. The first kappa shape index (κ1) is 22.6. The number of hydrogen-bond acceptors (Lipinski definition) is 6. The summed E-state index contributed by atoms with van der Waals surface area (Å²) in [7, 11) is 0. The maximum atomic E-state index is 12.4. The summed E-state index contributed by atoms with van der Waals surface area (Å²) < 4.78 is 0. The number of amides is 3. The van der Waals surface area contributed by atoms with Crippen LogP contribution in [0.1, 0.15) is 12.0 Å². The second-order valence-corrected chi connectivity index (χ2v) is 5.84. The van der Waals surface area contributed by atoms with Crippen LogP contribution in [0.25, 0.3) is 0 Å². The Morgan fingerprint density at radius 2 is 1.54 bits per heavy atom.